The smallest absolute Gasteiger partial charge is 0.110 e. The number of hydrogen-bond donors (Lipinski definition) is 2. The van der Waals surface area contributed by atoms with Crippen molar-refractivity contribution in [3.8, 4) is 0 Å². The summed E-state index contributed by atoms with van der Waals surface area (Å²) in [5.74, 6) is 1.78. The molecule has 4 nitrogen and oxygen atoms in total. The van der Waals surface area contributed by atoms with Crippen LogP contribution in [-0.2, 0) is 0 Å². The van der Waals surface area contributed by atoms with Crippen LogP contribution in [0.2, 0.25) is 0 Å². The third kappa shape index (κ3) is 2.18. The molecule has 4 heteroatoms. The van der Waals surface area contributed by atoms with Crippen molar-refractivity contribution < 1.29 is 0 Å². The largest absolute Gasteiger partial charge is 0.371 e. The zero-order valence-corrected chi connectivity index (χ0v) is 11.9. The summed E-state index contributed by atoms with van der Waals surface area (Å²) in [5.41, 5.74) is 3.65. The van der Waals surface area contributed by atoms with Gasteiger partial charge in [-0.3, -0.25) is 0 Å². The Morgan fingerprint density at radius 3 is 2.70 bits per heavy atom. The zero-order valence-electron chi connectivity index (χ0n) is 11.9. The molecule has 0 radical (unpaired) electrons. The lowest BCUT2D eigenvalue weighted by atomic mass is 9.98. The number of anilines is 1. The van der Waals surface area contributed by atoms with E-state index in [0.717, 1.165) is 18.6 Å². The first-order chi connectivity index (χ1) is 9.90. The van der Waals surface area contributed by atoms with Crippen LogP contribution < -0.4 is 10.2 Å². The predicted octanol–water partition coefficient (Wildman–Crippen LogP) is 2.63. The number of aromatic nitrogens is 2. The Morgan fingerprint density at radius 2 is 1.90 bits per heavy atom. The Morgan fingerprint density at radius 1 is 1.10 bits per heavy atom. The molecule has 2 saturated heterocycles. The second kappa shape index (κ2) is 5.09. The first kappa shape index (κ1) is 12.2. The number of H-pyrrole nitrogens is 1. The van der Waals surface area contributed by atoms with E-state index in [1.807, 2.05) is 0 Å². The summed E-state index contributed by atoms with van der Waals surface area (Å²) in [6.07, 6.45) is 5.03. The number of rotatable bonds is 2. The van der Waals surface area contributed by atoms with E-state index < -0.39 is 0 Å². The van der Waals surface area contributed by atoms with Crippen LogP contribution in [0, 0.1) is 0 Å². The topological polar surface area (TPSA) is 44.0 Å². The minimum atomic E-state index is 0.596. The maximum atomic E-state index is 4.80. The zero-order chi connectivity index (χ0) is 13.4. The van der Waals surface area contributed by atoms with Crippen molar-refractivity contribution in [3.05, 3.63) is 24.0 Å². The van der Waals surface area contributed by atoms with Crippen LogP contribution in [0.15, 0.2) is 18.2 Å². The molecule has 2 aliphatic rings. The lowest BCUT2D eigenvalue weighted by molar-refractivity contribution is 0.448. The molecular weight excluding hydrogens is 248 g/mol. The predicted molar refractivity (Wildman–Crippen MR) is 82.4 cm³/mol. The lowest BCUT2D eigenvalue weighted by Gasteiger charge is -2.20. The fraction of sp³-hybridized carbons (Fsp3) is 0.562. The summed E-state index contributed by atoms with van der Waals surface area (Å²) in [5, 5.41) is 3.42. The van der Waals surface area contributed by atoms with Crippen LogP contribution in [0.1, 0.15) is 37.4 Å². The van der Waals surface area contributed by atoms with Gasteiger partial charge in [0.25, 0.3) is 0 Å². The van der Waals surface area contributed by atoms with Gasteiger partial charge in [-0.2, -0.15) is 0 Å². The molecular formula is C16H22N4. The van der Waals surface area contributed by atoms with Crippen molar-refractivity contribution in [2.45, 2.75) is 31.6 Å². The molecule has 0 amide bonds. The molecule has 3 heterocycles. The van der Waals surface area contributed by atoms with Gasteiger partial charge in [-0.25, -0.2) is 4.98 Å². The molecule has 2 aromatic rings. The van der Waals surface area contributed by atoms with Gasteiger partial charge in [0.1, 0.15) is 5.82 Å². The Kier molecular flexibility index (Phi) is 3.11. The normalized spacial score (nSPS) is 20.9. The maximum Gasteiger partial charge on any atom is 0.110 e. The number of nitrogens with one attached hydrogen (secondary N) is 2. The van der Waals surface area contributed by atoms with Gasteiger partial charge in [0, 0.05) is 24.7 Å². The van der Waals surface area contributed by atoms with Gasteiger partial charge >= 0.3 is 0 Å². The molecule has 1 aromatic heterocycles. The highest BCUT2D eigenvalue weighted by Crippen LogP contribution is 2.28. The molecule has 106 valence electrons. The lowest BCUT2D eigenvalue weighted by Crippen LogP contribution is -2.27. The van der Waals surface area contributed by atoms with E-state index in [4.69, 9.17) is 4.98 Å². The fourth-order valence-corrected chi connectivity index (χ4v) is 3.48. The van der Waals surface area contributed by atoms with E-state index >= 15 is 0 Å². The van der Waals surface area contributed by atoms with Crippen LogP contribution in [0.25, 0.3) is 11.0 Å². The van der Waals surface area contributed by atoms with E-state index in [0.29, 0.717) is 5.92 Å². The quantitative estimate of drug-likeness (QED) is 0.881. The molecule has 0 bridgehead atoms. The molecule has 0 atom stereocenters. The van der Waals surface area contributed by atoms with Crippen LogP contribution >= 0.6 is 0 Å². The Bertz CT molecular complexity index is 592. The summed E-state index contributed by atoms with van der Waals surface area (Å²) in [4.78, 5) is 10.8. The van der Waals surface area contributed by atoms with Crippen molar-refractivity contribution in [2.24, 2.45) is 0 Å². The average Bonchev–Trinajstić information content (AvgIpc) is 3.16. The highest BCUT2D eigenvalue weighted by atomic mass is 15.1. The standard InChI is InChI=1S/C16H22N4/c1-2-10-20(9-1)13-3-4-14-15(11-13)19-16(18-14)12-5-7-17-8-6-12/h3-4,11-12,17H,1-2,5-10H2,(H,18,19). The van der Waals surface area contributed by atoms with Crippen molar-refractivity contribution >= 4 is 16.7 Å². The summed E-state index contributed by atoms with van der Waals surface area (Å²) < 4.78 is 0. The molecule has 0 aliphatic carbocycles. The minimum Gasteiger partial charge on any atom is -0.371 e. The molecule has 0 saturated carbocycles. The number of hydrogen-bond acceptors (Lipinski definition) is 3. The van der Waals surface area contributed by atoms with Gasteiger partial charge in [0.15, 0.2) is 0 Å². The van der Waals surface area contributed by atoms with Crippen molar-refractivity contribution in [1.29, 1.82) is 0 Å². The fourth-order valence-electron chi connectivity index (χ4n) is 3.48. The molecule has 4 rings (SSSR count). The van der Waals surface area contributed by atoms with Gasteiger partial charge < -0.3 is 15.2 Å². The van der Waals surface area contributed by atoms with Crippen molar-refractivity contribution in [1.82, 2.24) is 15.3 Å². The molecule has 20 heavy (non-hydrogen) atoms. The third-order valence-corrected chi connectivity index (χ3v) is 4.68. The average molecular weight is 270 g/mol. The van der Waals surface area contributed by atoms with E-state index in [-0.39, 0.29) is 0 Å². The number of fused-ring (bicyclic) bond motifs is 1. The van der Waals surface area contributed by atoms with E-state index in [2.05, 4.69) is 33.4 Å². The monoisotopic (exact) mass is 270 g/mol. The minimum absolute atomic E-state index is 0.596. The van der Waals surface area contributed by atoms with E-state index in [9.17, 15) is 0 Å². The maximum absolute atomic E-state index is 4.80. The summed E-state index contributed by atoms with van der Waals surface area (Å²) >= 11 is 0. The molecule has 2 fully saturated rings. The third-order valence-electron chi connectivity index (χ3n) is 4.68. The van der Waals surface area contributed by atoms with Crippen LogP contribution in [-0.4, -0.2) is 36.1 Å². The summed E-state index contributed by atoms with van der Waals surface area (Å²) in [7, 11) is 0. The Hall–Kier alpha value is -1.55. The molecule has 0 spiro atoms. The number of imidazole rings is 1. The van der Waals surface area contributed by atoms with Crippen molar-refractivity contribution in [3.63, 3.8) is 0 Å². The van der Waals surface area contributed by atoms with Crippen LogP contribution in [0.4, 0.5) is 5.69 Å². The highest BCUT2D eigenvalue weighted by molar-refractivity contribution is 5.79. The number of nitrogens with zero attached hydrogens (tertiary/aromatic N) is 2. The Labute approximate surface area is 119 Å². The molecule has 1 aromatic carbocycles. The SMILES string of the molecule is c1cc2nc(C3CCNCC3)[nH]c2cc1N1CCCC1. The first-order valence-corrected chi connectivity index (χ1v) is 7.85. The molecule has 0 unspecified atom stereocenters. The number of aromatic amines is 1. The van der Waals surface area contributed by atoms with Crippen LogP contribution in [0.5, 0.6) is 0 Å². The second-order valence-corrected chi connectivity index (χ2v) is 6.04. The Balaban J connectivity index is 1.64. The highest BCUT2D eigenvalue weighted by Gasteiger charge is 2.19. The second-order valence-electron chi connectivity index (χ2n) is 6.04. The summed E-state index contributed by atoms with van der Waals surface area (Å²) in [6, 6.07) is 6.67. The van der Waals surface area contributed by atoms with Gasteiger partial charge in [0.2, 0.25) is 0 Å². The van der Waals surface area contributed by atoms with Crippen molar-refractivity contribution in [2.75, 3.05) is 31.1 Å². The van der Waals surface area contributed by atoms with Gasteiger partial charge in [-0.15, -0.1) is 0 Å². The van der Waals surface area contributed by atoms with E-state index in [1.165, 1.54) is 55.8 Å². The van der Waals surface area contributed by atoms with Crippen LogP contribution in [0.3, 0.4) is 0 Å². The first-order valence-electron chi connectivity index (χ1n) is 7.85. The summed E-state index contributed by atoms with van der Waals surface area (Å²) in [6.45, 7) is 4.61. The number of benzene rings is 1. The van der Waals surface area contributed by atoms with E-state index in [1.54, 1.807) is 0 Å². The molecule has 2 aliphatic heterocycles. The molecule has 2 N–H and O–H groups in total. The van der Waals surface area contributed by atoms with Gasteiger partial charge in [-0.05, 0) is 57.0 Å². The number of piperidine rings is 1. The van der Waals surface area contributed by atoms with Gasteiger partial charge in [-0.1, -0.05) is 0 Å². The van der Waals surface area contributed by atoms with Gasteiger partial charge in [0.05, 0.1) is 11.0 Å².